The van der Waals surface area contributed by atoms with Crippen LogP contribution in [-0.4, -0.2) is 18.1 Å². The van der Waals surface area contributed by atoms with Crippen LogP contribution in [0.1, 0.15) is 16.7 Å². The van der Waals surface area contributed by atoms with Gasteiger partial charge in [0, 0.05) is 5.56 Å². The minimum absolute atomic E-state index is 0.0180. The fourth-order valence-corrected chi connectivity index (χ4v) is 1.15. The van der Waals surface area contributed by atoms with E-state index in [4.69, 9.17) is 7.85 Å². The van der Waals surface area contributed by atoms with Crippen molar-refractivity contribution in [1.82, 2.24) is 0 Å². The van der Waals surface area contributed by atoms with Crippen LogP contribution in [0.25, 0.3) is 0 Å². The Hall–Kier alpha value is -1.12. The first kappa shape index (κ1) is 8.98. The van der Waals surface area contributed by atoms with Gasteiger partial charge in [-0.3, -0.25) is 0 Å². The zero-order valence-electron chi connectivity index (χ0n) is 7.47. The number of hydrogen-bond donors (Lipinski definition) is 2. The Bertz CT molecular complexity index is 227. The van der Waals surface area contributed by atoms with Gasteiger partial charge in [-0.25, -0.2) is 0 Å². The summed E-state index contributed by atoms with van der Waals surface area (Å²) in [5, 5.41) is 18.9. The zero-order chi connectivity index (χ0) is 9.46. The topological polar surface area (TPSA) is 40.5 Å². The summed E-state index contributed by atoms with van der Waals surface area (Å²) in [5.74, 6) is 0.106. The highest BCUT2D eigenvalue weighted by atomic mass is 16.3. The van der Waals surface area contributed by atoms with Gasteiger partial charge >= 0.3 is 0 Å². The number of benzene rings is 1. The van der Waals surface area contributed by atoms with E-state index in [-0.39, 0.29) is 11.5 Å². The van der Waals surface area contributed by atoms with Gasteiger partial charge in [0.1, 0.15) is 19.3 Å². The van der Waals surface area contributed by atoms with Gasteiger partial charge in [0.05, 0.1) is 0 Å². The van der Waals surface area contributed by atoms with E-state index >= 15 is 0 Å². The van der Waals surface area contributed by atoms with Crippen molar-refractivity contribution >= 4 is 13.3 Å². The van der Waals surface area contributed by atoms with Crippen molar-refractivity contribution in [1.29, 1.82) is 0 Å². The summed E-state index contributed by atoms with van der Waals surface area (Å²) in [6.07, 6.45) is 0. The van der Waals surface area contributed by atoms with Crippen molar-refractivity contribution in [2.75, 3.05) is 0 Å². The maximum atomic E-state index is 9.48. The molecule has 12 heavy (non-hydrogen) atoms. The molecule has 0 aliphatic carbocycles. The number of phenols is 2. The molecule has 62 valence electrons. The third-order valence-corrected chi connectivity index (χ3v) is 2.29. The molecule has 0 heterocycles. The molecule has 1 rings (SSSR count). The first-order valence-electron chi connectivity index (χ1n) is 3.74. The molecule has 3 heteroatoms. The van der Waals surface area contributed by atoms with Crippen LogP contribution in [0.15, 0.2) is 0 Å². The van der Waals surface area contributed by atoms with E-state index in [1.54, 1.807) is 20.8 Å². The second kappa shape index (κ2) is 2.74. The third kappa shape index (κ3) is 1.05. The van der Waals surface area contributed by atoms with E-state index < -0.39 is 0 Å². The fourth-order valence-electron chi connectivity index (χ4n) is 1.15. The van der Waals surface area contributed by atoms with E-state index in [2.05, 4.69) is 0 Å². The summed E-state index contributed by atoms with van der Waals surface area (Å²) in [6, 6.07) is 0. The Labute approximate surface area is 73.3 Å². The average Bonchev–Trinajstić information content (AvgIpc) is 2.08. The molecule has 0 amide bonds. The lowest BCUT2D eigenvalue weighted by Gasteiger charge is -2.12. The molecule has 0 unspecified atom stereocenters. The fraction of sp³-hybridized carbons (Fsp3) is 0.333. The molecule has 0 saturated heterocycles. The Morgan fingerprint density at radius 3 is 1.83 bits per heavy atom. The van der Waals surface area contributed by atoms with Crippen molar-refractivity contribution < 1.29 is 10.2 Å². The lowest BCUT2D eigenvalue weighted by atomic mass is 9.85. The van der Waals surface area contributed by atoms with Crippen LogP contribution in [0, 0.1) is 20.8 Å². The van der Waals surface area contributed by atoms with Gasteiger partial charge < -0.3 is 10.2 Å². The summed E-state index contributed by atoms with van der Waals surface area (Å²) in [5.41, 5.74) is 2.25. The Morgan fingerprint density at radius 2 is 1.33 bits per heavy atom. The van der Waals surface area contributed by atoms with Crippen LogP contribution >= 0.6 is 0 Å². The minimum Gasteiger partial charge on any atom is -0.508 e. The highest BCUT2D eigenvalue weighted by molar-refractivity contribution is 6.35. The summed E-state index contributed by atoms with van der Waals surface area (Å²) >= 11 is 0. The molecular formula is C9H11BO2. The van der Waals surface area contributed by atoms with E-state index in [0.29, 0.717) is 11.0 Å². The predicted octanol–water partition coefficient (Wildman–Crippen LogP) is 0.817. The standard InChI is InChI=1S/C9H11BO2/c1-4-5(2)8(11)6(3)9(12)7(4)10/h11-12H,1-3H3. The third-order valence-electron chi connectivity index (χ3n) is 2.29. The van der Waals surface area contributed by atoms with Crippen molar-refractivity contribution in [2.24, 2.45) is 0 Å². The molecule has 0 bridgehead atoms. The normalized spacial score (nSPS) is 10.2. The number of hydrogen-bond acceptors (Lipinski definition) is 2. The predicted molar refractivity (Wildman–Crippen MR) is 49.4 cm³/mol. The van der Waals surface area contributed by atoms with E-state index in [0.717, 1.165) is 11.1 Å². The van der Waals surface area contributed by atoms with Gasteiger partial charge in [-0.15, -0.1) is 0 Å². The summed E-state index contributed by atoms with van der Waals surface area (Å²) < 4.78 is 0. The molecule has 2 N–H and O–H groups in total. The molecule has 1 aromatic carbocycles. The van der Waals surface area contributed by atoms with Crippen molar-refractivity contribution in [3.8, 4) is 11.5 Å². The van der Waals surface area contributed by atoms with Gasteiger partial charge in [0.25, 0.3) is 0 Å². The lowest BCUT2D eigenvalue weighted by Crippen LogP contribution is -2.11. The molecule has 0 fully saturated rings. The Kier molecular flexibility index (Phi) is 2.05. The van der Waals surface area contributed by atoms with Crippen LogP contribution in [0.3, 0.4) is 0 Å². The molecule has 0 aliphatic rings. The summed E-state index contributed by atoms with van der Waals surface area (Å²) in [7, 11) is 5.59. The summed E-state index contributed by atoms with van der Waals surface area (Å²) in [6.45, 7) is 5.17. The smallest absolute Gasteiger partial charge is 0.125 e. The molecule has 0 saturated carbocycles. The maximum Gasteiger partial charge on any atom is 0.125 e. The van der Waals surface area contributed by atoms with Crippen LogP contribution in [0.5, 0.6) is 11.5 Å². The second-order valence-corrected chi connectivity index (χ2v) is 2.99. The van der Waals surface area contributed by atoms with Crippen molar-refractivity contribution in [3.05, 3.63) is 16.7 Å². The SMILES string of the molecule is [B]c1c(C)c(C)c(O)c(C)c1O. The monoisotopic (exact) mass is 162 g/mol. The highest BCUT2D eigenvalue weighted by Gasteiger charge is 2.11. The van der Waals surface area contributed by atoms with E-state index in [1.807, 2.05) is 0 Å². The van der Waals surface area contributed by atoms with Crippen LogP contribution in [-0.2, 0) is 0 Å². The Balaban J connectivity index is 3.60. The number of phenolic OH excluding ortho intramolecular Hbond substituents is 2. The van der Waals surface area contributed by atoms with Crippen LogP contribution < -0.4 is 5.46 Å². The lowest BCUT2D eigenvalue weighted by molar-refractivity contribution is 0.442. The van der Waals surface area contributed by atoms with Gasteiger partial charge in [0.2, 0.25) is 0 Å². The molecule has 0 aliphatic heterocycles. The second-order valence-electron chi connectivity index (χ2n) is 2.99. The average molecular weight is 162 g/mol. The van der Waals surface area contributed by atoms with E-state index in [9.17, 15) is 10.2 Å². The first-order chi connectivity index (χ1) is 5.46. The van der Waals surface area contributed by atoms with Gasteiger partial charge in [0.15, 0.2) is 0 Å². The van der Waals surface area contributed by atoms with E-state index in [1.165, 1.54) is 0 Å². The molecule has 2 radical (unpaired) electrons. The first-order valence-corrected chi connectivity index (χ1v) is 3.74. The zero-order valence-corrected chi connectivity index (χ0v) is 7.47. The molecular weight excluding hydrogens is 151 g/mol. The number of aromatic hydroxyl groups is 2. The molecule has 0 atom stereocenters. The highest BCUT2D eigenvalue weighted by Crippen LogP contribution is 2.29. The molecule has 1 aromatic rings. The van der Waals surface area contributed by atoms with Gasteiger partial charge in [-0.05, 0) is 31.9 Å². The number of rotatable bonds is 0. The molecule has 2 nitrogen and oxygen atoms in total. The van der Waals surface area contributed by atoms with Crippen LogP contribution in [0.2, 0.25) is 0 Å². The molecule has 0 aromatic heterocycles. The minimum atomic E-state index is -0.0180. The van der Waals surface area contributed by atoms with Crippen LogP contribution in [0.4, 0.5) is 0 Å². The maximum absolute atomic E-state index is 9.48. The van der Waals surface area contributed by atoms with Crippen molar-refractivity contribution in [2.45, 2.75) is 20.8 Å². The Morgan fingerprint density at radius 1 is 0.833 bits per heavy atom. The quantitative estimate of drug-likeness (QED) is 0.554. The van der Waals surface area contributed by atoms with Gasteiger partial charge in [-0.1, -0.05) is 5.46 Å². The summed E-state index contributed by atoms with van der Waals surface area (Å²) in [4.78, 5) is 0. The molecule has 0 spiro atoms. The van der Waals surface area contributed by atoms with Crippen molar-refractivity contribution in [3.63, 3.8) is 0 Å². The van der Waals surface area contributed by atoms with Gasteiger partial charge in [-0.2, -0.15) is 0 Å². The largest absolute Gasteiger partial charge is 0.508 e.